The third-order valence-electron chi connectivity index (χ3n) is 5.34. The second kappa shape index (κ2) is 10.7. The predicted octanol–water partition coefficient (Wildman–Crippen LogP) is 5.43. The van der Waals surface area contributed by atoms with Crippen molar-refractivity contribution in [3.63, 3.8) is 0 Å². The van der Waals surface area contributed by atoms with Crippen LogP contribution in [0.3, 0.4) is 0 Å². The van der Waals surface area contributed by atoms with Crippen molar-refractivity contribution < 1.29 is 9.53 Å². The van der Waals surface area contributed by atoms with Gasteiger partial charge in [-0.15, -0.1) is 10.2 Å². The van der Waals surface area contributed by atoms with Gasteiger partial charge in [0.05, 0.1) is 5.75 Å². The van der Waals surface area contributed by atoms with Crippen LogP contribution in [0.2, 0.25) is 0 Å². The summed E-state index contributed by atoms with van der Waals surface area (Å²) in [4.78, 5) is 12.7. The number of benzene rings is 2. The quantitative estimate of drug-likeness (QED) is 0.439. The Morgan fingerprint density at radius 3 is 2.31 bits per heavy atom. The number of ether oxygens (including phenoxy) is 1. The lowest BCUT2D eigenvalue weighted by molar-refractivity contribution is -0.113. The number of nitrogens with one attached hydrogen (secondary N) is 1. The SMILES string of the molecule is CCc1cccc(CC)c1NC(=O)CSc1nnc(C(C)Oc2cc(C)cc(C)c2)n1C. The first kappa shape index (κ1) is 23.9. The summed E-state index contributed by atoms with van der Waals surface area (Å²) < 4.78 is 7.99. The number of hydrogen-bond donors (Lipinski definition) is 1. The van der Waals surface area contributed by atoms with Crippen LogP contribution in [0.15, 0.2) is 41.6 Å². The summed E-state index contributed by atoms with van der Waals surface area (Å²) in [5.74, 6) is 1.75. The van der Waals surface area contributed by atoms with Gasteiger partial charge in [0.25, 0.3) is 0 Å². The fraction of sp³-hybridized carbons (Fsp3) is 0.400. The molecule has 1 aromatic heterocycles. The highest BCUT2D eigenvalue weighted by Gasteiger charge is 2.19. The first-order valence-electron chi connectivity index (χ1n) is 11.0. The summed E-state index contributed by atoms with van der Waals surface area (Å²) in [5, 5.41) is 12.4. The van der Waals surface area contributed by atoms with Gasteiger partial charge in [-0.05, 0) is 68.0 Å². The lowest BCUT2D eigenvalue weighted by atomic mass is 10.0. The summed E-state index contributed by atoms with van der Waals surface area (Å²) in [7, 11) is 1.90. The maximum Gasteiger partial charge on any atom is 0.234 e. The van der Waals surface area contributed by atoms with Crippen LogP contribution in [0.1, 0.15) is 55.0 Å². The zero-order valence-corrected chi connectivity index (χ0v) is 20.5. The number of amides is 1. The molecule has 32 heavy (non-hydrogen) atoms. The van der Waals surface area contributed by atoms with E-state index in [1.165, 1.54) is 11.8 Å². The zero-order valence-electron chi connectivity index (χ0n) is 19.7. The van der Waals surface area contributed by atoms with E-state index in [-0.39, 0.29) is 17.8 Å². The maximum absolute atomic E-state index is 12.7. The Balaban J connectivity index is 1.64. The molecule has 1 atom stereocenters. The molecule has 0 fully saturated rings. The average molecular weight is 453 g/mol. The minimum atomic E-state index is -0.263. The molecule has 0 aliphatic rings. The standard InChI is InChI=1S/C25H32N4O2S/c1-7-19-10-9-11-20(8-2)23(19)26-22(30)15-32-25-28-27-24(29(25)6)18(5)31-21-13-16(3)12-17(4)14-21/h9-14,18H,7-8,15H2,1-6H3,(H,26,30). The molecule has 0 bridgehead atoms. The third-order valence-corrected chi connectivity index (χ3v) is 6.36. The number of carbonyl (C=O) groups excluding carboxylic acids is 1. The molecule has 1 heterocycles. The Bertz CT molecular complexity index is 1050. The Hall–Kier alpha value is -2.80. The number of nitrogens with zero attached hydrogens (tertiary/aromatic N) is 3. The van der Waals surface area contributed by atoms with Crippen molar-refractivity contribution in [1.82, 2.24) is 14.8 Å². The van der Waals surface area contributed by atoms with Gasteiger partial charge in [-0.1, -0.05) is 49.9 Å². The van der Waals surface area contributed by atoms with Crippen LogP contribution in [0.5, 0.6) is 5.75 Å². The summed E-state index contributed by atoms with van der Waals surface area (Å²) >= 11 is 1.37. The Labute approximate surface area is 194 Å². The number of aromatic nitrogens is 3. The topological polar surface area (TPSA) is 69.0 Å². The van der Waals surface area contributed by atoms with Crippen LogP contribution >= 0.6 is 11.8 Å². The fourth-order valence-corrected chi connectivity index (χ4v) is 4.49. The molecule has 0 saturated carbocycles. The van der Waals surface area contributed by atoms with E-state index in [1.54, 1.807) is 0 Å². The van der Waals surface area contributed by atoms with Crippen molar-refractivity contribution in [3.05, 3.63) is 64.5 Å². The molecule has 6 nitrogen and oxygen atoms in total. The van der Waals surface area contributed by atoms with Crippen molar-refractivity contribution in [2.24, 2.45) is 7.05 Å². The minimum absolute atomic E-state index is 0.0466. The molecule has 3 rings (SSSR count). The number of rotatable bonds is 9. The van der Waals surface area contributed by atoms with Gasteiger partial charge in [0.1, 0.15) is 5.75 Å². The molecule has 0 aliphatic carbocycles. The molecule has 7 heteroatoms. The molecule has 0 aliphatic heterocycles. The number of aryl methyl sites for hydroxylation is 4. The van der Waals surface area contributed by atoms with Gasteiger partial charge in [0, 0.05) is 12.7 Å². The molecule has 0 saturated heterocycles. The van der Waals surface area contributed by atoms with Gasteiger partial charge in [-0.2, -0.15) is 0 Å². The van der Waals surface area contributed by atoms with Crippen LogP contribution in [0, 0.1) is 13.8 Å². The highest BCUT2D eigenvalue weighted by molar-refractivity contribution is 7.99. The highest BCUT2D eigenvalue weighted by atomic mass is 32.2. The number of thioether (sulfide) groups is 1. The molecule has 3 aromatic rings. The minimum Gasteiger partial charge on any atom is -0.483 e. The van der Waals surface area contributed by atoms with E-state index in [1.807, 2.05) is 36.7 Å². The predicted molar refractivity (Wildman–Crippen MR) is 131 cm³/mol. The van der Waals surface area contributed by atoms with Crippen molar-refractivity contribution >= 4 is 23.4 Å². The summed E-state index contributed by atoms with van der Waals surface area (Å²) in [6.07, 6.45) is 1.49. The second-order valence-electron chi connectivity index (χ2n) is 7.98. The van der Waals surface area contributed by atoms with Gasteiger partial charge in [0.15, 0.2) is 17.1 Å². The molecular weight excluding hydrogens is 420 g/mol. The average Bonchev–Trinajstić information content (AvgIpc) is 3.12. The monoisotopic (exact) mass is 452 g/mol. The Morgan fingerprint density at radius 1 is 1.09 bits per heavy atom. The molecule has 2 aromatic carbocycles. The van der Waals surface area contributed by atoms with Gasteiger partial charge in [-0.25, -0.2) is 0 Å². The van der Waals surface area contributed by atoms with Crippen molar-refractivity contribution in [2.75, 3.05) is 11.1 Å². The van der Waals surface area contributed by atoms with E-state index in [9.17, 15) is 4.79 Å². The van der Waals surface area contributed by atoms with Gasteiger partial charge in [-0.3, -0.25) is 4.79 Å². The van der Waals surface area contributed by atoms with Crippen LogP contribution in [0.25, 0.3) is 0 Å². The van der Waals surface area contributed by atoms with Crippen LogP contribution in [-0.4, -0.2) is 26.4 Å². The Morgan fingerprint density at radius 2 is 1.72 bits per heavy atom. The van der Waals surface area contributed by atoms with E-state index in [4.69, 9.17) is 4.74 Å². The number of para-hydroxylation sites is 1. The lowest BCUT2D eigenvalue weighted by Crippen LogP contribution is -2.17. The maximum atomic E-state index is 12.7. The van der Waals surface area contributed by atoms with Crippen molar-refractivity contribution in [1.29, 1.82) is 0 Å². The molecule has 0 radical (unpaired) electrons. The van der Waals surface area contributed by atoms with Crippen LogP contribution in [0.4, 0.5) is 5.69 Å². The smallest absolute Gasteiger partial charge is 0.234 e. The van der Waals surface area contributed by atoms with Crippen molar-refractivity contribution in [2.45, 2.75) is 58.7 Å². The first-order valence-corrected chi connectivity index (χ1v) is 12.0. The number of hydrogen-bond acceptors (Lipinski definition) is 5. The third kappa shape index (κ3) is 5.71. The molecule has 170 valence electrons. The largest absolute Gasteiger partial charge is 0.483 e. The molecule has 0 spiro atoms. The van der Waals surface area contributed by atoms with E-state index in [2.05, 4.69) is 61.4 Å². The van der Waals surface area contributed by atoms with E-state index in [0.717, 1.165) is 52.4 Å². The first-order chi connectivity index (χ1) is 15.3. The van der Waals surface area contributed by atoms with E-state index in [0.29, 0.717) is 5.16 Å². The second-order valence-corrected chi connectivity index (χ2v) is 8.92. The summed E-state index contributed by atoms with van der Waals surface area (Å²) in [6, 6.07) is 12.3. The van der Waals surface area contributed by atoms with Gasteiger partial charge >= 0.3 is 0 Å². The van der Waals surface area contributed by atoms with Gasteiger partial charge in [0.2, 0.25) is 5.91 Å². The fourth-order valence-electron chi connectivity index (χ4n) is 3.77. The van der Waals surface area contributed by atoms with E-state index < -0.39 is 0 Å². The van der Waals surface area contributed by atoms with Crippen molar-refractivity contribution in [3.8, 4) is 5.75 Å². The molecule has 1 unspecified atom stereocenters. The van der Waals surface area contributed by atoms with Crippen LogP contribution < -0.4 is 10.1 Å². The summed E-state index contributed by atoms with van der Waals surface area (Å²) in [6.45, 7) is 10.3. The van der Waals surface area contributed by atoms with E-state index >= 15 is 0 Å². The number of anilines is 1. The Kier molecular flexibility index (Phi) is 7.96. The summed E-state index contributed by atoms with van der Waals surface area (Å²) in [5.41, 5.74) is 5.56. The normalized spacial score (nSPS) is 11.9. The molecule has 1 N–H and O–H groups in total. The number of carbonyl (C=O) groups is 1. The lowest BCUT2D eigenvalue weighted by Gasteiger charge is -2.15. The molecule has 1 amide bonds. The van der Waals surface area contributed by atoms with Gasteiger partial charge < -0.3 is 14.6 Å². The highest BCUT2D eigenvalue weighted by Crippen LogP contribution is 2.26. The molecular formula is C25H32N4O2S. The zero-order chi connectivity index (χ0) is 23.3. The van der Waals surface area contributed by atoms with Crippen LogP contribution in [-0.2, 0) is 24.7 Å².